The number of halogens is 1. The molecule has 1 aliphatic heterocycles. The summed E-state index contributed by atoms with van der Waals surface area (Å²) in [5.74, 6) is -0.157. The molecule has 8 nitrogen and oxygen atoms in total. The molecule has 2 aromatic heterocycles. The van der Waals surface area contributed by atoms with Gasteiger partial charge in [0, 0.05) is 22.9 Å². The number of aromatic nitrogens is 4. The molecule has 2 aromatic carbocycles. The minimum Gasteiger partial charge on any atom is -0.342 e. The lowest BCUT2D eigenvalue weighted by Gasteiger charge is -2.14. The van der Waals surface area contributed by atoms with Gasteiger partial charge in [0.2, 0.25) is 0 Å². The molecule has 2 unspecified atom stereocenters. The van der Waals surface area contributed by atoms with Crippen LogP contribution in [0.5, 0.6) is 0 Å². The van der Waals surface area contributed by atoms with Crippen LogP contribution in [0.15, 0.2) is 73.2 Å². The lowest BCUT2D eigenvalue weighted by molar-refractivity contribution is 0.0487. The molecular weight excluding hydrogens is 447 g/mol. The number of H-pyrrole nitrogens is 1. The highest BCUT2D eigenvalue weighted by Crippen LogP contribution is 2.32. The zero-order chi connectivity index (χ0) is 24.4. The number of hydrogen-bond acceptors (Lipinski definition) is 6. The third kappa shape index (κ3) is 4.80. The molecule has 0 saturated heterocycles. The van der Waals surface area contributed by atoms with E-state index in [1.54, 1.807) is 31.3 Å². The van der Waals surface area contributed by atoms with Gasteiger partial charge < -0.3 is 5.32 Å². The van der Waals surface area contributed by atoms with E-state index in [4.69, 9.17) is 4.84 Å². The van der Waals surface area contributed by atoms with Gasteiger partial charge in [0.25, 0.3) is 5.91 Å². The Bertz CT molecular complexity index is 1390. The van der Waals surface area contributed by atoms with Crippen LogP contribution in [-0.4, -0.2) is 26.1 Å². The Hall–Kier alpha value is -4.37. The fourth-order valence-electron chi connectivity index (χ4n) is 3.89. The van der Waals surface area contributed by atoms with E-state index in [0.29, 0.717) is 33.8 Å². The van der Waals surface area contributed by atoms with Crippen LogP contribution in [-0.2, 0) is 4.84 Å². The van der Waals surface area contributed by atoms with Gasteiger partial charge in [-0.05, 0) is 67.4 Å². The molecule has 2 atom stereocenters. The maximum atomic E-state index is 14.9. The number of aromatic amines is 1. The third-order valence-corrected chi connectivity index (χ3v) is 5.73. The third-order valence-electron chi connectivity index (χ3n) is 5.73. The maximum absolute atomic E-state index is 14.9. The normalized spacial score (nSPS) is 15.9. The molecule has 1 amide bonds. The number of nitrogens with zero attached hydrogens (tertiary/aromatic N) is 3. The number of benzene rings is 2. The van der Waals surface area contributed by atoms with Crippen LogP contribution in [0.2, 0.25) is 0 Å². The summed E-state index contributed by atoms with van der Waals surface area (Å²) in [6.45, 7) is 3.63. The Labute approximate surface area is 201 Å². The molecule has 9 heteroatoms. The largest absolute Gasteiger partial charge is 0.342 e. The average Bonchev–Trinajstić information content (AvgIpc) is 3.57. The highest BCUT2D eigenvalue weighted by Gasteiger charge is 2.23. The smallest absolute Gasteiger partial charge is 0.251 e. The summed E-state index contributed by atoms with van der Waals surface area (Å²) in [4.78, 5) is 27.3. The van der Waals surface area contributed by atoms with Crippen LogP contribution in [0.4, 0.5) is 4.39 Å². The zero-order valence-corrected chi connectivity index (χ0v) is 19.1. The molecule has 0 bridgehead atoms. The summed E-state index contributed by atoms with van der Waals surface area (Å²) in [5, 5.41) is 9.49. The monoisotopic (exact) mass is 470 g/mol. The first-order valence-corrected chi connectivity index (χ1v) is 11.1. The highest BCUT2D eigenvalue weighted by molar-refractivity contribution is 5.97. The van der Waals surface area contributed by atoms with Crippen molar-refractivity contribution in [2.75, 3.05) is 0 Å². The fourth-order valence-corrected chi connectivity index (χ4v) is 3.89. The number of carbonyl (C=O) groups excluding carboxylic acids is 1. The van der Waals surface area contributed by atoms with Crippen LogP contribution in [0, 0.1) is 12.7 Å². The lowest BCUT2D eigenvalue weighted by atomic mass is 9.96. The van der Waals surface area contributed by atoms with Gasteiger partial charge >= 0.3 is 0 Å². The Morgan fingerprint density at radius 2 is 1.97 bits per heavy atom. The summed E-state index contributed by atoms with van der Waals surface area (Å²) in [5.41, 5.74) is 7.16. The first kappa shape index (κ1) is 22.4. The molecule has 0 radical (unpaired) electrons. The van der Waals surface area contributed by atoms with Gasteiger partial charge in [-0.2, -0.15) is 5.10 Å². The van der Waals surface area contributed by atoms with Crippen molar-refractivity contribution in [3.8, 4) is 11.1 Å². The molecule has 3 N–H and O–H groups in total. The number of hydroxylamine groups is 1. The molecule has 0 aliphatic carbocycles. The highest BCUT2D eigenvalue weighted by atomic mass is 19.1. The van der Waals surface area contributed by atoms with Gasteiger partial charge in [0.1, 0.15) is 24.1 Å². The molecular formula is C26H23FN6O2. The molecule has 0 spiro atoms. The van der Waals surface area contributed by atoms with E-state index in [-0.39, 0.29) is 11.7 Å². The van der Waals surface area contributed by atoms with E-state index in [9.17, 15) is 9.18 Å². The quantitative estimate of drug-likeness (QED) is 0.385. The van der Waals surface area contributed by atoms with Gasteiger partial charge in [-0.15, -0.1) is 0 Å². The Morgan fingerprint density at radius 3 is 2.71 bits per heavy atom. The van der Waals surface area contributed by atoms with Crippen molar-refractivity contribution in [1.29, 1.82) is 0 Å². The summed E-state index contributed by atoms with van der Waals surface area (Å²) in [6.07, 6.45) is 4.57. The predicted octanol–water partition coefficient (Wildman–Crippen LogP) is 4.42. The van der Waals surface area contributed by atoms with E-state index in [2.05, 4.69) is 31.0 Å². The Morgan fingerprint density at radius 1 is 1.11 bits per heavy atom. The van der Waals surface area contributed by atoms with Crippen molar-refractivity contribution in [1.82, 2.24) is 31.0 Å². The predicted molar refractivity (Wildman–Crippen MR) is 128 cm³/mol. The molecule has 0 saturated carbocycles. The molecule has 3 heterocycles. The first-order chi connectivity index (χ1) is 17.0. The molecule has 176 valence electrons. The van der Waals surface area contributed by atoms with Crippen molar-refractivity contribution >= 4 is 11.6 Å². The van der Waals surface area contributed by atoms with Crippen LogP contribution in [0.3, 0.4) is 0 Å². The first-order valence-electron chi connectivity index (χ1n) is 11.1. The summed E-state index contributed by atoms with van der Waals surface area (Å²) in [7, 11) is 0. The molecule has 5 rings (SSSR count). The Kier molecular flexibility index (Phi) is 6.07. The van der Waals surface area contributed by atoms with Crippen LogP contribution < -0.4 is 10.8 Å². The number of nitrogens with one attached hydrogen (secondary N) is 3. The summed E-state index contributed by atoms with van der Waals surface area (Å²) < 4.78 is 14.9. The standard InChI is InChI=1S/C26H23FN6O2/c1-15-6-7-20(21(27)9-15)17-10-18(23-13-24(35-33-23)22-5-3-4-8-28-22)12-19(11-17)26(34)31-16(2)25-29-14-30-32-25/h3-14,16,24,33H,1-2H3,(H,31,34)(H,29,30,32). The molecule has 35 heavy (non-hydrogen) atoms. The van der Waals surface area contributed by atoms with E-state index in [0.717, 1.165) is 11.3 Å². The number of aryl methyl sites for hydroxylation is 1. The number of amides is 1. The number of rotatable bonds is 6. The second-order valence-corrected chi connectivity index (χ2v) is 8.32. The summed E-state index contributed by atoms with van der Waals surface area (Å²) in [6, 6.07) is 15.5. The van der Waals surface area contributed by atoms with Crippen LogP contribution in [0.1, 0.15) is 52.1 Å². The van der Waals surface area contributed by atoms with Crippen molar-refractivity contribution in [3.63, 3.8) is 0 Å². The van der Waals surface area contributed by atoms with Crippen LogP contribution in [0.25, 0.3) is 16.8 Å². The van der Waals surface area contributed by atoms with Gasteiger partial charge in [0.15, 0.2) is 0 Å². The van der Waals surface area contributed by atoms with Crippen molar-refractivity contribution in [2.24, 2.45) is 0 Å². The van der Waals surface area contributed by atoms with Gasteiger partial charge in [0.05, 0.1) is 17.4 Å². The topological polar surface area (TPSA) is 105 Å². The number of pyridine rings is 1. The van der Waals surface area contributed by atoms with Crippen molar-refractivity contribution in [3.05, 3.63) is 107 Å². The Balaban J connectivity index is 1.53. The molecule has 0 fully saturated rings. The molecule has 4 aromatic rings. The van der Waals surface area contributed by atoms with Gasteiger partial charge in [-0.3, -0.25) is 25.2 Å². The average molecular weight is 471 g/mol. The van der Waals surface area contributed by atoms with Crippen molar-refractivity contribution < 1.29 is 14.0 Å². The minimum atomic E-state index is -0.395. The van der Waals surface area contributed by atoms with Gasteiger partial charge in [-0.25, -0.2) is 9.37 Å². The second kappa shape index (κ2) is 9.47. The number of hydrogen-bond donors (Lipinski definition) is 3. The number of carbonyl (C=O) groups is 1. The van der Waals surface area contributed by atoms with E-state index in [1.807, 2.05) is 43.3 Å². The van der Waals surface area contributed by atoms with E-state index >= 15 is 0 Å². The molecule has 1 aliphatic rings. The maximum Gasteiger partial charge on any atom is 0.251 e. The second-order valence-electron chi connectivity index (χ2n) is 8.32. The van der Waals surface area contributed by atoms with E-state index in [1.165, 1.54) is 12.4 Å². The van der Waals surface area contributed by atoms with E-state index < -0.39 is 12.1 Å². The summed E-state index contributed by atoms with van der Waals surface area (Å²) >= 11 is 0. The minimum absolute atomic E-state index is 0.328. The van der Waals surface area contributed by atoms with Crippen LogP contribution >= 0.6 is 0 Å². The van der Waals surface area contributed by atoms with Gasteiger partial charge in [-0.1, -0.05) is 18.2 Å². The SMILES string of the molecule is Cc1ccc(-c2cc(C(=O)NC(C)c3ncn[nH]3)cc(C3=CC(c4ccccn4)ON3)c2)c(F)c1. The fraction of sp³-hybridized carbons (Fsp3) is 0.154. The van der Waals surface area contributed by atoms with Crippen molar-refractivity contribution in [2.45, 2.75) is 26.0 Å². The lowest BCUT2D eigenvalue weighted by Crippen LogP contribution is -2.27. The zero-order valence-electron chi connectivity index (χ0n) is 19.1.